The highest BCUT2D eigenvalue weighted by atomic mass is 16.2. The number of Topliss-reactive ketones (excluding diaryl/α,β-unsaturated/α-hetero) is 1. The Morgan fingerprint density at radius 1 is 0.973 bits per heavy atom. The molecular formula is C28H32N6O3. The molecule has 9 nitrogen and oxygen atoms in total. The summed E-state index contributed by atoms with van der Waals surface area (Å²) in [4.78, 5) is 40.4. The Labute approximate surface area is 215 Å². The Kier molecular flexibility index (Phi) is 8.80. The minimum absolute atomic E-state index is 0.126. The molecule has 0 aliphatic carbocycles. The van der Waals surface area contributed by atoms with Gasteiger partial charge < -0.3 is 20.4 Å². The topological polar surface area (TPSA) is 133 Å². The maximum atomic E-state index is 13.1. The summed E-state index contributed by atoms with van der Waals surface area (Å²) in [5.41, 5.74) is 4.43. The fraction of sp³-hybridized carbons (Fsp3) is 0.321. The molecule has 4 aromatic rings. The Hall–Kier alpha value is -4.27. The van der Waals surface area contributed by atoms with Crippen LogP contribution in [-0.4, -0.2) is 50.6 Å². The van der Waals surface area contributed by atoms with Crippen LogP contribution in [0, 0.1) is 0 Å². The Balaban J connectivity index is 1.42. The summed E-state index contributed by atoms with van der Waals surface area (Å²) in [5, 5.41) is 16.7. The second-order valence-corrected chi connectivity index (χ2v) is 9.12. The van der Waals surface area contributed by atoms with E-state index in [1.165, 1.54) is 6.20 Å². The highest BCUT2D eigenvalue weighted by Crippen LogP contribution is 2.30. The van der Waals surface area contributed by atoms with Crippen LogP contribution < -0.4 is 10.6 Å². The Morgan fingerprint density at radius 2 is 1.76 bits per heavy atom. The van der Waals surface area contributed by atoms with Crippen LogP contribution in [-0.2, 0) is 16.0 Å². The van der Waals surface area contributed by atoms with Crippen LogP contribution in [0.5, 0.6) is 0 Å². The summed E-state index contributed by atoms with van der Waals surface area (Å²) in [6, 6.07) is 17.5. The second-order valence-electron chi connectivity index (χ2n) is 9.12. The summed E-state index contributed by atoms with van der Waals surface area (Å²) < 4.78 is 0. The first-order valence-corrected chi connectivity index (χ1v) is 12.6. The minimum Gasteiger partial charge on any atom is -0.354 e. The molecule has 0 spiro atoms. The molecule has 2 amide bonds. The number of carbonyl (C=O) groups excluding carboxylic acids is 3. The molecule has 9 heteroatoms. The van der Waals surface area contributed by atoms with Crippen LogP contribution >= 0.6 is 0 Å². The zero-order valence-corrected chi connectivity index (χ0v) is 20.9. The summed E-state index contributed by atoms with van der Waals surface area (Å²) in [7, 11) is 0. The molecule has 1 unspecified atom stereocenters. The standard InChI is InChI=1S/C28H32N6O3/c1-19(35)10-4-2-7-15-24(32-28(37)25-18-30-34-33-25)27(36)29-17-16-22-21-13-8-9-14-23(21)31-26(22)20-11-5-3-6-12-20/h3,5-6,8-9,11-14,18,24,31H,2,4,7,10,15-17H2,1H3,(H,29,36)(H,32,37)(H,30,33,34). The molecule has 4 N–H and O–H groups in total. The lowest BCUT2D eigenvalue weighted by Gasteiger charge is -2.18. The van der Waals surface area contributed by atoms with E-state index in [-0.39, 0.29) is 17.4 Å². The molecule has 1 atom stereocenters. The maximum Gasteiger partial charge on any atom is 0.274 e. The fourth-order valence-electron chi connectivity index (χ4n) is 4.46. The van der Waals surface area contributed by atoms with Crippen LogP contribution in [0.15, 0.2) is 60.8 Å². The van der Waals surface area contributed by atoms with E-state index in [9.17, 15) is 14.4 Å². The van der Waals surface area contributed by atoms with Crippen molar-refractivity contribution in [2.45, 2.75) is 51.5 Å². The molecule has 2 aromatic heterocycles. The number of unbranched alkanes of at least 4 members (excludes halogenated alkanes) is 2. The van der Waals surface area contributed by atoms with E-state index >= 15 is 0 Å². The number of nitrogens with one attached hydrogen (secondary N) is 4. The van der Waals surface area contributed by atoms with Crippen molar-refractivity contribution in [3.05, 3.63) is 72.1 Å². The summed E-state index contributed by atoms with van der Waals surface area (Å²) in [6.45, 7) is 1.99. The van der Waals surface area contributed by atoms with E-state index < -0.39 is 11.9 Å². The number of benzene rings is 2. The first-order chi connectivity index (χ1) is 18.0. The third-order valence-electron chi connectivity index (χ3n) is 6.34. The van der Waals surface area contributed by atoms with Crippen LogP contribution in [0.1, 0.15) is 55.1 Å². The van der Waals surface area contributed by atoms with Crippen molar-refractivity contribution < 1.29 is 14.4 Å². The van der Waals surface area contributed by atoms with Gasteiger partial charge in [0.25, 0.3) is 5.91 Å². The number of carbonyl (C=O) groups is 3. The largest absolute Gasteiger partial charge is 0.354 e. The van der Waals surface area contributed by atoms with Crippen LogP contribution in [0.4, 0.5) is 0 Å². The predicted molar refractivity (Wildman–Crippen MR) is 142 cm³/mol. The van der Waals surface area contributed by atoms with Gasteiger partial charge in [-0.1, -0.05) is 66.6 Å². The lowest BCUT2D eigenvalue weighted by atomic mass is 10.0. The fourth-order valence-corrected chi connectivity index (χ4v) is 4.46. The van der Waals surface area contributed by atoms with Gasteiger partial charge in [-0.2, -0.15) is 0 Å². The molecule has 37 heavy (non-hydrogen) atoms. The van der Waals surface area contributed by atoms with E-state index in [0.717, 1.165) is 40.6 Å². The van der Waals surface area contributed by atoms with Gasteiger partial charge in [-0.05, 0) is 43.4 Å². The highest BCUT2D eigenvalue weighted by molar-refractivity contribution is 5.96. The van der Waals surface area contributed by atoms with Crippen molar-refractivity contribution in [1.82, 2.24) is 31.0 Å². The monoisotopic (exact) mass is 500 g/mol. The minimum atomic E-state index is -0.710. The third kappa shape index (κ3) is 6.91. The van der Waals surface area contributed by atoms with Crippen LogP contribution in [0.3, 0.4) is 0 Å². The van der Waals surface area contributed by atoms with Gasteiger partial charge in [0.15, 0.2) is 5.69 Å². The van der Waals surface area contributed by atoms with Gasteiger partial charge >= 0.3 is 0 Å². The number of amides is 2. The number of rotatable bonds is 13. The van der Waals surface area contributed by atoms with Crippen molar-refractivity contribution >= 4 is 28.5 Å². The van der Waals surface area contributed by atoms with Crippen molar-refractivity contribution in [2.24, 2.45) is 0 Å². The quantitative estimate of drug-likeness (QED) is 0.206. The van der Waals surface area contributed by atoms with Crippen LogP contribution in [0.2, 0.25) is 0 Å². The molecule has 4 rings (SSSR count). The number of nitrogens with zero attached hydrogens (tertiary/aromatic N) is 2. The van der Waals surface area contributed by atoms with Crippen molar-refractivity contribution in [2.75, 3.05) is 6.54 Å². The zero-order valence-electron chi connectivity index (χ0n) is 20.9. The number of ketones is 1. The average Bonchev–Trinajstić information content (AvgIpc) is 3.57. The second kappa shape index (κ2) is 12.6. The van der Waals surface area contributed by atoms with E-state index in [2.05, 4.69) is 49.2 Å². The third-order valence-corrected chi connectivity index (χ3v) is 6.34. The smallest absolute Gasteiger partial charge is 0.274 e. The normalized spacial score (nSPS) is 11.8. The van der Waals surface area contributed by atoms with Crippen molar-refractivity contribution in [3.8, 4) is 11.3 Å². The maximum absolute atomic E-state index is 13.1. The number of aromatic nitrogens is 4. The molecular weight excluding hydrogens is 468 g/mol. The molecule has 0 aliphatic heterocycles. The number of aromatic amines is 2. The van der Waals surface area contributed by atoms with Crippen molar-refractivity contribution in [3.63, 3.8) is 0 Å². The molecule has 0 saturated carbocycles. The van der Waals surface area contributed by atoms with Gasteiger partial charge in [-0.15, -0.1) is 5.10 Å². The van der Waals surface area contributed by atoms with E-state index in [0.29, 0.717) is 32.2 Å². The summed E-state index contributed by atoms with van der Waals surface area (Å²) in [6.07, 6.45) is 5.29. The zero-order chi connectivity index (χ0) is 26.0. The Bertz CT molecular complexity index is 1330. The van der Waals surface area contributed by atoms with Gasteiger partial charge in [0, 0.05) is 29.6 Å². The molecule has 0 bridgehead atoms. The first kappa shape index (κ1) is 25.8. The molecule has 192 valence electrons. The average molecular weight is 501 g/mol. The highest BCUT2D eigenvalue weighted by Gasteiger charge is 2.22. The number of hydrogen-bond acceptors (Lipinski definition) is 5. The van der Waals surface area contributed by atoms with E-state index in [4.69, 9.17) is 0 Å². The van der Waals surface area contributed by atoms with Gasteiger partial charge in [0.2, 0.25) is 5.91 Å². The summed E-state index contributed by atoms with van der Waals surface area (Å²) >= 11 is 0. The molecule has 0 radical (unpaired) electrons. The number of H-pyrrole nitrogens is 2. The SMILES string of the molecule is CC(=O)CCCCCC(NC(=O)c1c[nH]nn1)C(=O)NCCc1c(-c2ccccc2)[nH]c2ccccc12. The molecule has 2 heterocycles. The van der Waals surface area contributed by atoms with Crippen molar-refractivity contribution in [1.29, 1.82) is 0 Å². The number of para-hydroxylation sites is 1. The van der Waals surface area contributed by atoms with E-state index in [1.54, 1.807) is 6.92 Å². The molecule has 0 aliphatic rings. The van der Waals surface area contributed by atoms with Gasteiger partial charge in [-0.25, -0.2) is 0 Å². The van der Waals surface area contributed by atoms with Gasteiger partial charge in [0.05, 0.1) is 6.20 Å². The van der Waals surface area contributed by atoms with E-state index in [1.807, 2.05) is 36.4 Å². The number of hydrogen-bond donors (Lipinski definition) is 4. The number of fused-ring (bicyclic) bond motifs is 1. The lowest BCUT2D eigenvalue weighted by molar-refractivity contribution is -0.123. The lowest BCUT2D eigenvalue weighted by Crippen LogP contribution is -2.47. The Morgan fingerprint density at radius 3 is 2.51 bits per heavy atom. The summed E-state index contributed by atoms with van der Waals surface area (Å²) in [5.74, 6) is -0.550. The predicted octanol–water partition coefficient (Wildman–Crippen LogP) is 3.95. The molecule has 0 saturated heterocycles. The van der Waals surface area contributed by atoms with Gasteiger partial charge in [0.1, 0.15) is 11.8 Å². The first-order valence-electron chi connectivity index (χ1n) is 12.6. The molecule has 2 aromatic carbocycles. The van der Waals surface area contributed by atoms with Gasteiger partial charge in [-0.3, -0.25) is 14.7 Å². The molecule has 0 fully saturated rings. The van der Waals surface area contributed by atoms with Crippen LogP contribution in [0.25, 0.3) is 22.2 Å².